The second-order valence-electron chi connectivity index (χ2n) is 15.3. The van der Waals surface area contributed by atoms with E-state index in [1.54, 1.807) is 11.1 Å². The van der Waals surface area contributed by atoms with E-state index in [2.05, 4.69) is 132 Å². The van der Waals surface area contributed by atoms with Crippen molar-refractivity contribution in [3.63, 3.8) is 0 Å². The Morgan fingerprint density at radius 1 is 0.571 bits per heavy atom. The van der Waals surface area contributed by atoms with Gasteiger partial charge in [-0.1, -0.05) is 72.8 Å². The minimum absolute atomic E-state index is 0.162. The van der Waals surface area contributed by atoms with Gasteiger partial charge < -0.3 is 9.32 Å². The number of nitrogens with zero attached hydrogens (tertiary/aromatic N) is 1. The number of furan rings is 1. The van der Waals surface area contributed by atoms with E-state index in [-0.39, 0.29) is 5.41 Å². The highest BCUT2D eigenvalue weighted by atomic mass is 32.1. The lowest BCUT2D eigenvalue weighted by Gasteiger charge is -2.52. The first kappa shape index (κ1) is 27.0. The van der Waals surface area contributed by atoms with Crippen LogP contribution in [0, 0.1) is 23.7 Å². The quantitative estimate of drug-likeness (QED) is 0.189. The third-order valence-electron chi connectivity index (χ3n) is 13.2. The van der Waals surface area contributed by atoms with Crippen molar-refractivity contribution in [2.45, 2.75) is 37.5 Å². The average Bonchev–Trinajstić information content (AvgIpc) is 3.83. The van der Waals surface area contributed by atoms with Gasteiger partial charge in [0, 0.05) is 59.5 Å². The molecule has 4 aliphatic carbocycles. The van der Waals surface area contributed by atoms with Crippen molar-refractivity contribution >= 4 is 70.5 Å². The predicted octanol–water partition coefficient (Wildman–Crippen LogP) is 13.1. The van der Waals surface area contributed by atoms with Crippen LogP contribution in [-0.2, 0) is 5.41 Å². The van der Waals surface area contributed by atoms with E-state index in [9.17, 15) is 0 Å². The lowest BCUT2D eigenvalue weighted by atomic mass is 9.51. The summed E-state index contributed by atoms with van der Waals surface area (Å²) in [5.41, 5.74) is 11.6. The van der Waals surface area contributed by atoms with Crippen molar-refractivity contribution in [3.05, 3.63) is 139 Å². The largest absolute Gasteiger partial charge is 0.456 e. The van der Waals surface area contributed by atoms with Crippen molar-refractivity contribution in [2.75, 3.05) is 4.90 Å². The SMILES string of the molecule is c1ccc2c(c1)-c1cc(N(c3ccc4c(c3)oc3ccccc34)c3ccc4c(c3)sc3ccccc34)ccc1C21CCC2CC3CC1C3C2. The minimum atomic E-state index is 0.162. The highest BCUT2D eigenvalue weighted by Gasteiger charge is 2.61. The molecule has 49 heavy (non-hydrogen) atoms. The zero-order valence-corrected chi connectivity index (χ0v) is 28.0. The smallest absolute Gasteiger partial charge is 0.137 e. The van der Waals surface area contributed by atoms with Crippen molar-refractivity contribution in [3.8, 4) is 11.1 Å². The molecule has 1 spiro atoms. The van der Waals surface area contributed by atoms with E-state index in [0.29, 0.717) is 0 Å². The zero-order valence-electron chi connectivity index (χ0n) is 27.2. The van der Waals surface area contributed by atoms with Crippen LogP contribution in [0.5, 0.6) is 0 Å². The van der Waals surface area contributed by atoms with Crippen LogP contribution >= 0.6 is 11.3 Å². The van der Waals surface area contributed by atoms with Gasteiger partial charge in [-0.05, 0) is 127 Å². The maximum Gasteiger partial charge on any atom is 0.137 e. The van der Waals surface area contributed by atoms with Gasteiger partial charge in [0.15, 0.2) is 0 Å². The number of rotatable bonds is 3. The Morgan fingerprint density at radius 3 is 2.24 bits per heavy atom. The molecule has 0 aliphatic heterocycles. The molecule has 4 aliphatic rings. The molecule has 8 aromatic rings. The summed E-state index contributed by atoms with van der Waals surface area (Å²) in [6.07, 6.45) is 7.03. The van der Waals surface area contributed by atoms with Crippen LogP contribution in [-0.4, -0.2) is 0 Å². The molecule has 3 saturated carbocycles. The Morgan fingerprint density at radius 2 is 1.29 bits per heavy atom. The first-order valence-corrected chi connectivity index (χ1v) is 18.9. The number of benzene rings is 6. The van der Waals surface area contributed by atoms with Crippen LogP contribution in [0.3, 0.4) is 0 Å². The van der Waals surface area contributed by atoms with Gasteiger partial charge in [-0.25, -0.2) is 0 Å². The summed E-state index contributed by atoms with van der Waals surface area (Å²) < 4.78 is 9.09. The highest BCUT2D eigenvalue weighted by molar-refractivity contribution is 7.25. The molecule has 2 aromatic heterocycles. The third kappa shape index (κ3) is 3.56. The Balaban J connectivity index is 1.07. The Kier molecular flexibility index (Phi) is 5.32. The fourth-order valence-electron chi connectivity index (χ4n) is 11.1. The van der Waals surface area contributed by atoms with E-state index in [0.717, 1.165) is 51.3 Å². The molecule has 3 fully saturated rings. The van der Waals surface area contributed by atoms with Gasteiger partial charge in [0.1, 0.15) is 11.2 Å². The second-order valence-corrected chi connectivity index (χ2v) is 16.4. The molecule has 6 aromatic carbocycles. The predicted molar refractivity (Wildman–Crippen MR) is 205 cm³/mol. The van der Waals surface area contributed by atoms with E-state index < -0.39 is 0 Å². The van der Waals surface area contributed by atoms with E-state index >= 15 is 0 Å². The summed E-state index contributed by atoms with van der Waals surface area (Å²) >= 11 is 1.88. The van der Waals surface area contributed by atoms with E-state index in [1.165, 1.54) is 74.8 Å². The maximum absolute atomic E-state index is 6.45. The number of anilines is 3. The van der Waals surface area contributed by atoms with Gasteiger partial charge in [0.25, 0.3) is 0 Å². The first-order chi connectivity index (χ1) is 24.2. The van der Waals surface area contributed by atoms with Crippen molar-refractivity contribution in [2.24, 2.45) is 23.7 Å². The minimum Gasteiger partial charge on any atom is -0.456 e. The Bertz CT molecular complexity index is 2550. The molecule has 2 bridgehead atoms. The fourth-order valence-corrected chi connectivity index (χ4v) is 12.3. The molecule has 12 rings (SSSR count). The number of thiophene rings is 1. The molecular formula is C46H35NOS. The van der Waals surface area contributed by atoms with Crippen LogP contribution in [0.15, 0.2) is 132 Å². The third-order valence-corrected chi connectivity index (χ3v) is 14.3. The average molecular weight is 650 g/mol. The molecule has 236 valence electrons. The Hall–Kier alpha value is -4.86. The molecule has 2 heterocycles. The van der Waals surface area contributed by atoms with Gasteiger partial charge in [0.05, 0.1) is 0 Å². The van der Waals surface area contributed by atoms with Crippen LogP contribution in [0.4, 0.5) is 17.1 Å². The van der Waals surface area contributed by atoms with Crippen molar-refractivity contribution < 1.29 is 4.42 Å². The summed E-state index contributed by atoms with van der Waals surface area (Å²) in [6.45, 7) is 0. The van der Waals surface area contributed by atoms with Crippen LogP contribution in [0.2, 0.25) is 0 Å². The Labute approximate surface area is 289 Å². The molecule has 5 atom stereocenters. The highest BCUT2D eigenvalue weighted by Crippen LogP contribution is 2.69. The number of hydrogen-bond acceptors (Lipinski definition) is 3. The molecule has 0 amide bonds. The standard InChI is InChI=1S/C46H35NOS/c1-4-10-39-32(7-1)38-24-29(15-18-40(38)46(39)20-19-27-21-28-23-41(46)37(28)22-27)47(30-13-16-34-33-8-2-5-11-42(33)48-43(34)25-30)31-14-17-36-35-9-3-6-12-44(35)49-45(36)26-31/h1-18,24-28,37,41H,19-23H2. The first-order valence-electron chi connectivity index (χ1n) is 18.1. The molecule has 0 radical (unpaired) electrons. The lowest BCUT2D eigenvalue weighted by molar-refractivity contribution is 0.0400. The van der Waals surface area contributed by atoms with Gasteiger partial charge >= 0.3 is 0 Å². The van der Waals surface area contributed by atoms with Gasteiger partial charge in [-0.3, -0.25) is 0 Å². The molecule has 2 nitrogen and oxygen atoms in total. The second kappa shape index (κ2) is 9.64. The summed E-state index contributed by atoms with van der Waals surface area (Å²) in [4.78, 5) is 2.46. The topological polar surface area (TPSA) is 16.4 Å². The summed E-state index contributed by atoms with van der Waals surface area (Å²) in [7, 11) is 0. The molecule has 5 unspecified atom stereocenters. The summed E-state index contributed by atoms with van der Waals surface area (Å²) in [5.74, 6) is 3.59. The van der Waals surface area contributed by atoms with Gasteiger partial charge in [-0.15, -0.1) is 11.3 Å². The lowest BCUT2D eigenvalue weighted by Crippen LogP contribution is -2.47. The van der Waals surface area contributed by atoms with Gasteiger partial charge in [0.2, 0.25) is 0 Å². The monoisotopic (exact) mass is 649 g/mol. The van der Waals surface area contributed by atoms with E-state index in [4.69, 9.17) is 4.42 Å². The van der Waals surface area contributed by atoms with Crippen LogP contribution in [0.25, 0.3) is 53.2 Å². The molecule has 0 saturated heterocycles. The van der Waals surface area contributed by atoms with Crippen LogP contribution < -0.4 is 4.90 Å². The van der Waals surface area contributed by atoms with Gasteiger partial charge in [-0.2, -0.15) is 0 Å². The number of fused-ring (bicyclic) bond motifs is 13. The molecule has 3 heteroatoms. The maximum atomic E-state index is 6.45. The summed E-state index contributed by atoms with van der Waals surface area (Å²) in [5, 5.41) is 4.98. The zero-order chi connectivity index (χ0) is 31.8. The number of para-hydroxylation sites is 1. The molecule has 0 N–H and O–H groups in total. The molecular weight excluding hydrogens is 615 g/mol. The normalized spacial score (nSPS) is 24.8. The van der Waals surface area contributed by atoms with Crippen molar-refractivity contribution in [1.29, 1.82) is 0 Å². The summed E-state index contributed by atoms with van der Waals surface area (Å²) in [6, 6.07) is 47.8. The van der Waals surface area contributed by atoms with Crippen LogP contribution in [0.1, 0.15) is 43.2 Å². The van der Waals surface area contributed by atoms with Crippen molar-refractivity contribution in [1.82, 2.24) is 0 Å². The van der Waals surface area contributed by atoms with E-state index in [1.807, 2.05) is 11.3 Å². The number of hydrogen-bond donors (Lipinski definition) is 0. The fraction of sp³-hybridized carbons (Fsp3) is 0.217.